The van der Waals surface area contributed by atoms with E-state index < -0.39 is 18.5 Å². The molecular weight excluding hydrogens is 454 g/mol. The normalized spacial score (nSPS) is 11.7. The first kappa shape index (κ1) is 23.5. The van der Waals surface area contributed by atoms with E-state index in [2.05, 4.69) is 5.32 Å². The Hall–Kier alpha value is -4.66. The standard InChI is InChI=1S/C26H21NO8/c1-32-19-12-11-17(24(33-2)25(19)34-3)26(31)35-13-20(28)27-18-10-6-9-16-21(18)23(30)15-8-5-4-7-14(15)22(16)29/h4-12H,13H2,1-3H3,(H,27,28). The second kappa shape index (κ2) is 9.68. The van der Waals surface area contributed by atoms with Crippen LogP contribution in [0.4, 0.5) is 5.69 Å². The molecule has 0 radical (unpaired) electrons. The quantitative estimate of drug-likeness (QED) is 0.405. The van der Waals surface area contributed by atoms with Crippen molar-refractivity contribution < 1.29 is 38.1 Å². The molecule has 0 saturated carbocycles. The van der Waals surface area contributed by atoms with Gasteiger partial charge in [-0.3, -0.25) is 14.4 Å². The van der Waals surface area contributed by atoms with Crippen LogP contribution < -0.4 is 19.5 Å². The average molecular weight is 475 g/mol. The molecule has 3 aromatic carbocycles. The van der Waals surface area contributed by atoms with Gasteiger partial charge in [-0.25, -0.2) is 4.79 Å². The van der Waals surface area contributed by atoms with Crippen molar-refractivity contribution in [3.8, 4) is 17.2 Å². The van der Waals surface area contributed by atoms with Gasteiger partial charge in [0.25, 0.3) is 5.91 Å². The van der Waals surface area contributed by atoms with E-state index in [0.29, 0.717) is 11.3 Å². The van der Waals surface area contributed by atoms with Crippen LogP contribution in [0.3, 0.4) is 0 Å². The topological polar surface area (TPSA) is 117 Å². The summed E-state index contributed by atoms with van der Waals surface area (Å²) in [5, 5.41) is 2.56. The van der Waals surface area contributed by atoms with Gasteiger partial charge < -0.3 is 24.3 Å². The minimum Gasteiger partial charge on any atom is -0.493 e. The van der Waals surface area contributed by atoms with Crippen LogP contribution in [0.1, 0.15) is 42.2 Å². The van der Waals surface area contributed by atoms with Crippen LogP contribution in [-0.2, 0) is 9.53 Å². The molecule has 3 aromatic rings. The van der Waals surface area contributed by atoms with Crippen LogP contribution in [-0.4, -0.2) is 51.4 Å². The van der Waals surface area contributed by atoms with Crippen molar-refractivity contribution in [3.63, 3.8) is 0 Å². The van der Waals surface area contributed by atoms with Gasteiger partial charge in [-0.05, 0) is 18.2 Å². The van der Waals surface area contributed by atoms with Crippen molar-refractivity contribution in [1.29, 1.82) is 0 Å². The van der Waals surface area contributed by atoms with Gasteiger partial charge in [-0.2, -0.15) is 0 Å². The van der Waals surface area contributed by atoms with Crippen molar-refractivity contribution in [2.24, 2.45) is 0 Å². The van der Waals surface area contributed by atoms with E-state index in [1.165, 1.54) is 45.6 Å². The lowest BCUT2D eigenvalue weighted by Gasteiger charge is -2.20. The summed E-state index contributed by atoms with van der Waals surface area (Å²) in [5.41, 5.74) is 1.05. The van der Waals surface area contributed by atoms with Crippen molar-refractivity contribution >= 4 is 29.1 Å². The zero-order valence-corrected chi connectivity index (χ0v) is 19.2. The van der Waals surface area contributed by atoms with Gasteiger partial charge >= 0.3 is 5.97 Å². The maximum Gasteiger partial charge on any atom is 0.342 e. The lowest BCUT2D eigenvalue weighted by molar-refractivity contribution is -0.119. The van der Waals surface area contributed by atoms with Crippen LogP contribution in [0.5, 0.6) is 17.2 Å². The summed E-state index contributed by atoms with van der Waals surface area (Å²) in [7, 11) is 4.20. The highest BCUT2D eigenvalue weighted by molar-refractivity contribution is 6.30. The van der Waals surface area contributed by atoms with Crippen molar-refractivity contribution in [2.45, 2.75) is 0 Å². The zero-order valence-electron chi connectivity index (χ0n) is 19.2. The highest BCUT2D eigenvalue weighted by Crippen LogP contribution is 2.40. The molecule has 0 unspecified atom stereocenters. The van der Waals surface area contributed by atoms with Crippen LogP contribution >= 0.6 is 0 Å². The van der Waals surface area contributed by atoms with Crippen LogP contribution in [0, 0.1) is 0 Å². The lowest BCUT2D eigenvalue weighted by atomic mass is 9.83. The second-order valence-electron chi connectivity index (χ2n) is 7.44. The predicted molar refractivity (Wildman–Crippen MR) is 125 cm³/mol. The summed E-state index contributed by atoms with van der Waals surface area (Å²) < 4.78 is 20.9. The number of rotatable bonds is 7. The van der Waals surface area contributed by atoms with Gasteiger partial charge in [-0.15, -0.1) is 0 Å². The Labute approximate surface area is 200 Å². The number of hydrogen-bond acceptors (Lipinski definition) is 8. The van der Waals surface area contributed by atoms with E-state index in [0.717, 1.165) is 0 Å². The molecule has 35 heavy (non-hydrogen) atoms. The number of nitrogens with one attached hydrogen (secondary N) is 1. The Morgan fingerprint density at radius 2 is 1.40 bits per heavy atom. The maximum atomic E-state index is 13.1. The highest BCUT2D eigenvalue weighted by atomic mass is 16.5. The number of methoxy groups -OCH3 is 3. The minimum absolute atomic E-state index is 0.0346. The molecule has 1 amide bonds. The molecule has 1 aliphatic rings. The average Bonchev–Trinajstić information content (AvgIpc) is 2.89. The third kappa shape index (κ3) is 4.19. The molecule has 1 N–H and O–H groups in total. The number of ketones is 2. The van der Waals surface area contributed by atoms with Crippen molar-refractivity contribution in [2.75, 3.05) is 33.3 Å². The van der Waals surface area contributed by atoms with Gasteiger partial charge in [0.2, 0.25) is 5.75 Å². The Morgan fingerprint density at radius 1 is 0.743 bits per heavy atom. The number of carbonyl (C=O) groups is 4. The third-order valence-electron chi connectivity index (χ3n) is 5.49. The number of amides is 1. The number of benzene rings is 3. The fourth-order valence-electron chi connectivity index (χ4n) is 3.91. The van der Waals surface area contributed by atoms with E-state index in [1.807, 2.05) is 0 Å². The first-order chi connectivity index (χ1) is 16.9. The Morgan fingerprint density at radius 3 is 2.06 bits per heavy atom. The molecule has 9 nitrogen and oxygen atoms in total. The third-order valence-corrected chi connectivity index (χ3v) is 5.49. The Bertz CT molecular complexity index is 1360. The number of anilines is 1. The van der Waals surface area contributed by atoms with Crippen LogP contribution in [0.2, 0.25) is 0 Å². The van der Waals surface area contributed by atoms with E-state index >= 15 is 0 Å². The van der Waals surface area contributed by atoms with E-state index in [4.69, 9.17) is 18.9 Å². The molecule has 178 valence electrons. The van der Waals surface area contributed by atoms with E-state index in [-0.39, 0.29) is 51.0 Å². The first-order valence-electron chi connectivity index (χ1n) is 10.5. The first-order valence-corrected chi connectivity index (χ1v) is 10.5. The fourth-order valence-corrected chi connectivity index (χ4v) is 3.91. The van der Waals surface area contributed by atoms with Crippen LogP contribution in [0.25, 0.3) is 0 Å². The second-order valence-corrected chi connectivity index (χ2v) is 7.44. The molecule has 0 heterocycles. The smallest absolute Gasteiger partial charge is 0.342 e. The monoisotopic (exact) mass is 475 g/mol. The molecule has 4 rings (SSSR count). The number of esters is 1. The number of hydrogen-bond donors (Lipinski definition) is 1. The molecule has 0 aliphatic heterocycles. The summed E-state index contributed by atoms with van der Waals surface area (Å²) in [4.78, 5) is 51.1. The lowest BCUT2D eigenvalue weighted by Crippen LogP contribution is -2.26. The summed E-state index contributed by atoms with van der Waals surface area (Å²) in [6.45, 7) is -0.640. The van der Waals surface area contributed by atoms with Crippen molar-refractivity contribution in [1.82, 2.24) is 0 Å². The Balaban J connectivity index is 1.52. The summed E-state index contributed by atoms with van der Waals surface area (Å²) in [5.74, 6) is -1.55. The van der Waals surface area contributed by atoms with Gasteiger partial charge in [0, 0.05) is 16.7 Å². The van der Waals surface area contributed by atoms with Gasteiger partial charge in [-0.1, -0.05) is 36.4 Å². The molecule has 0 spiro atoms. The highest BCUT2D eigenvalue weighted by Gasteiger charge is 2.31. The minimum atomic E-state index is -0.826. The van der Waals surface area contributed by atoms with Crippen molar-refractivity contribution in [3.05, 3.63) is 82.4 Å². The predicted octanol–water partition coefficient (Wildman–Crippen LogP) is 3.28. The zero-order chi connectivity index (χ0) is 25.1. The summed E-state index contributed by atoms with van der Waals surface area (Å²) in [6.07, 6.45) is 0. The number of fused-ring (bicyclic) bond motifs is 2. The number of ether oxygens (including phenoxy) is 4. The van der Waals surface area contributed by atoms with E-state index in [1.54, 1.807) is 30.3 Å². The van der Waals surface area contributed by atoms with Gasteiger partial charge in [0.1, 0.15) is 5.56 Å². The fraction of sp³-hybridized carbons (Fsp3) is 0.154. The van der Waals surface area contributed by atoms with Gasteiger partial charge in [0.15, 0.2) is 29.7 Å². The Kier molecular flexibility index (Phi) is 6.50. The summed E-state index contributed by atoms with van der Waals surface area (Å²) in [6, 6.07) is 14.0. The van der Waals surface area contributed by atoms with Gasteiger partial charge in [0.05, 0.1) is 32.6 Å². The molecule has 0 saturated heterocycles. The maximum absolute atomic E-state index is 13.1. The molecule has 0 fully saturated rings. The molecule has 0 aromatic heterocycles. The molecule has 0 bridgehead atoms. The molecule has 0 atom stereocenters. The number of carbonyl (C=O) groups excluding carboxylic acids is 4. The molecule has 9 heteroatoms. The van der Waals surface area contributed by atoms with E-state index in [9.17, 15) is 19.2 Å². The largest absolute Gasteiger partial charge is 0.493 e. The molecular formula is C26H21NO8. The SMILES string of the molecule is COc1ccc(C(=O)OCC(=O)Nc2cccc3c2C(=O)c2ccccc2C3=O)c(OC)c1OC. The summed E-state index contributed by atoms with van der Waals surface area (Å²) >= 11 is 0. The molecule has 1 aliphatic carbocycles. The van der Waals surface area contributed by atoms with Crippen LogP contribution in [0.15, 0.2) is 54.6 Å².